The van der Waals surface area contributed by atoms with Gasteiger partial charge in [0.25, 0.3) is 5.91 Å². The molecule has 1 atom stereocenters. The second kappa shape index (κ2) is 5.24. The van der Waals surface area contributed by atoms with Gasteiger partial charge in [-0.25, -0.2) is 0 Å². The van der Waals surface area contributed by atoms with Crippen molar-refractivity contribution in [2.75, 3.05) is 14.2 Å². The third-order valence-electron chi connectivity index (χ3n) is 1.97. The molecular weight excluding hydrogens is 194 g/mol. The van der Waals surface area contributed by atoms with Gasteiger partial charge in [-0.2, -0.15) is 0 Å². The molecule has 0 heterocycles. The van der Waals surface area contributed by atoms with Gasteiger partial charge in [-0.05, 0) is 19.1 Å². The lowest BCUT2D eigenvalue weighted by Crippen LogP contribution is -2.33. The molecule has 4 nitrogen and oxygen atoms in total. The minimum Gasteiger partial charge on any atom is -0.497 e. The molecule has 1 unspecified atom stereocenters. The molecule has 1 rings (SSSR count). The maximum absolute atomic E-state index is 11.2. The van der Waals surface area contributed by atoms with Crippen LogP contribution >= 0.6 is 0 Å². The summed E-state index contributed by atoms with van der Waals surface area (Å²) in [4.78, 5) is 11.2. The number of methoxy groups -OCH3 is 1. The van der Waals surface area contributed by atoms with Crippen LogP contribution in [0, 0.1) is 0 Å². The number of carbonyl (C=O) groups is 1. The molecule has 0 aliphatic rings. The summed E-state index contributed by atoms with van der Waals surface area (Å²) in [6.45, 7) is 1.69. The highest BCUT2D eigenvalue weighted by molar-refractivity contribution is 5.80. The van der Waals surface area contributed by atoms with Crippen LogP contribution in [-0.4, -0.2) is 26.2 Å². The second-order valence-electron chi connectivity index (χ2n) is 3.05. The molecule has 1 aromatic rings. The van der Waals surface area contributed by atoms with Crippen molar-refractivity contribution in [2.24, 2.45) is 0 Å². The number of amides is 1. The van der Waals surface area contributed by atoms with Gasteiger partial charge in [-0.1, -0.05) is 6.07 Å². The lowest BCUT2D eigenvalue weighted by Gasteiger charge is -2.13. The van der Waals surface area contributed by atoms with Crippen LogP contribution in [0.25, 0.3) is 0 Å². The van der Waals surface area contributed by atoms with Gasteiger partial charge in [-0.15, -0.1) is 0 Å². The molecule has 0 aliphatic carbocycles. The van der Waals surface area contributed by atoms with Gasteiger partial charge in [0.2, 0.25) is 0 Å². The topological polar surface area (TPSA) is 47.6 Å². The summed E-state index contributed by atoms with van der Waals surface area (Å²) in [5.41, 5.74) is 0. The van der Waals surface area contributed by atoms with Gasteiger partial charge in [0.15, 0.2) is 6.10 Å². The minimum absolute atomic E-state index is 0.155. The quantitative estimate of drug-likeness (QED) is 0.810. The van der Waals surface area contributed by atoms with Crippen molar-refractivity contribution < 1.29 is 14.3 Å². The molecule has 0 bridgehead atoms. The van der Waals surface area contributed by atoms with Crippen LogP contribution in [-0.2, 0) is 4.79 Å². The van der Waals surface area contributed by atoms with Crippen LogP contribution in [0.4, 0.5) is 0 Å². The zero-order chi connectivity index (χ0) is 11.3. The number of hydrogen-bond donors (Lipinski definition) is 1. The number of carbonyl (C=O) groups excluding carboxylic acids is 1. The van der Waals surface area contributed by atoms with E-state index in [0.717, 1.165) is 0 Å². The Balaban J connectivity index is 2.67. The normalized spacial score (nSPS) is 11.7. The standard InChI is InChI=1S/C11H15NO3/c1-8(11(13)12-2)15-10-6-4-5-9(7-10)14-3/h4-8H,1-3H3,(H,12,13). The maximum atomic E-state index is 11.2. The molecule has 0 saturated heterocycles. The number of likely N-dealkylation sites (N-methyl/N-ethyl adjacent to an activating group) is 1. The Bertz CT molecular complexity index is 338. The summed E-state index contributed by atoms with van der Waals surface area (Å²) >= 11 is 0. The van der Waals surface area contributed by atoms with Gasteiger partial charge < -0.3 is 14.8 Å². The predicted octanol–water partition coefficient (Wildman–Crippen LogP) is 1.21. The first kappa shape index (κ1) is 11.4. The lowest BCUT2D eigenvalue weighted by atomic mass is 10.3. The molecule has 1 N–H and O–H groups in total. The molecule has 1 aromatic carbocycles. The maximum Gasteiger partial charge on any atom is 0.260 e. The molecule has 15 heavy (non-hydrogen) atoms. The minimum atomic E-state index is -0.512. The molecule has 1 amide bonds. The average Bonchev–Trinajstić information content (AvgIpc) is 2.28. The van der Waals surface area contributed by atoms with Crippen LogP contribution in [0.5, 0.6) is 11.5 Å². The summed E-state index contributed by atoms with van der Waals surface area (Å²) in [7, 11) is 3.16. The fourth-order valence-corrected chi connectivity index (χ4v) is 1.14. The average molecular weight is 209 g/mol. The molecule has 0 aromatic heterocycles. The van der Waals surface area contributed by atoms with Crippen LogP contribution in [0.3, 0.4) is 0 Å². The Hall–Kier alpha value is -1.71. The zero-order valence-corrected chi connectivity index (χ0v) is 9.11. The zero-order valence-electron chi connectivity index (χ0n) is 9.11. The van der Waals surface area contributed by atoms with Crippen molar-refractivity contribution in [3.8, 4) is 11.5 Å². The van der Waals surface area contributed by atoms with Gasteiger partial charge in [0.1, 0.15) is 11.5 Å². The van der Waals surface area contributed by atoms with E-state index in [-0.39, 0.29) is 5.91 Å². The largest absolute Gasteiger partial charge is 0.497 e. The highest BCUT2D eigenvalue weighted by atomic mass is 16.5. The van der Waals surface area contributed by atoms with E-state index in [4.69, 9.17) is 9.47 Å². The summed E-state index contributed by atoms with van der Waals surface area (Å²) in [5.74, 6) is 1.17. The number of ether oxygens (including phenoxy) is 2. The number of benzene rings is 1. The Morgan fingerprint density at radius 2 is 2.07 bits per heavy atom. The first-order chi connectivity index (χ1) is 7.17. The molecule has 4 heteroatoms. The van der Waals surface area contributed by atoms with Crippen molar-refractivity contribution in [1.29, 1.82) is 0 Å². The van der Waals surface area contributed by atoms with Crippen molar-refractivity contribution in [1.82, 2.24) is 5.32 Å². The molecule has 82 valence electrons. The third-order valence-corrected chi connectivity index (χ3v) is 1.97. The van der Waals surface area contributed by atoms with Gasteiger partial charge in [0, 0.05) is 13.1 Å². The highest BCUT2D eigenvalue weighted by Crippen LogP contribution is 2.19. The van der Waals surface area contributed by atoms with Crippen molar-refractivity contribution in [2.45, 2.75) is 13.0 Å². The Morgan fingerprint density at radius 1 is 1.40 bits per heavy atom. The number of hydrogen-bond acceptors (Lipinski definition) is 3. The fourth-order valence-electron chi connectivity index (χ4n) is 1.14. The Morgan fingerprint density at radius 3 is 2.67 bits per heavy atom. The molecule has 0 radical (unpaired) electrons. The Labute approximate surface area is 89.2 Å². The van der Waals surface area contributed by atoms with E-state index in [2.05, 4.69) is 5.32 Å². The van der Waals surface area contributed by atoms with Crippen LogP contribution < -0.4 is 14.8 Å². The first-order valence-corrected chi connectivity index (χ1v) is 4.69. The van der Waals surface area contributed by atoms with E-state index >= 15 is 0 Å². The number of rotatable bonds is 4. The Kier molecular flexibility index (Phi) is 3.97. The first-order valence-electron chi connectivity index (χ1n) is 4.69. The smallest absolute Gasteiger partial charge is 0.260 e. The monoisotopic (exact) mass is 209 g/mol. The van der Waals surface area contributed by atoms with Crippen molar-refractivity contribution >= 4 is 5.91 Å². The highest BCUT2D eigenvalue weighted by Gasteiger charge is 2.12. The molecule has 0 aliphatic heterocycles. The summed E-state index contributed by atoms with van der Waals surface area (Å²) in [6, 6.07) is 7.14. The molecule has 0 fully saturated rings. The molecule has 0 saturated carbocycles. The van der Waals surface area contributed by atoms with Crippen LogP contribution in [0.2, 0.25) is 0 Å². The van der Waals surface area contributed by atoms with Crippen LogP contribution in [0.15, 0.2) is 24.3 Å². The van der Waals surface area contributed by atoms with Gasteiger partial charge in [-0.3, -0.25) is 4.79 Å². The van der Waals surface area contributed by atoms with E-state index < -0.39 is 6.10 Å². The molecular formula is C11H15NO3. The van der Waals surface area contributed by atoms with Crippen molar-refractivity contribution in [3.05, 3.63) is 24.3 Å². The van der Waals surface area contributed by atoms with E-state index in [9.17, 15) is 4.79 Å². The van der Waals surface area contributed by atoms with E-state index in [1.54, 1.807) is 33.2 Å². The van der Waals surface area contributed by atoms with Gasteiger partial charge >= 0.3 is 0 Å². The summed E-state index contributed by atoms with van der Waals surface area (Å²) in [6.07, 6.45) is -0.512. The predicted molar refractivity (Wildman–Crippen MR) is 57.2 cm³/mol. The third kappa shape index (κ3) is 3.16. The lowest BCUT2D eigenvalue weighted by molar-refractivity contribution is -0.126. The SMILES string of the molecule is CNC(=O)C(C)Oc1cccc(OC)c1. The second-order valence-corrected chi connectivity index (χ2v) is 3.05. The van der Waals surface area contributed by atoms with Crippen LogP contribution in [0.1, 0.15) is 6.92 Å². The summed E-state index contributed by atoms with van der Waals surface area (Å²) < 4.78 is 10.5. The summed E-state index contributed by atoms with van der Waals surface area (Å²) in [5, 5.41) is 2.52. The van der Waals surface area contributed by atoms with Gasteiger partial charge in [0.05, 0.1) is 7.11 Å². The molecule has 0 spiro atoms. The van der Waals surface area contributed by atoms with E-state index in [1.165, 1.54) is 0 Å². The van der Waals surface area contributed by atoms with E-state index in [1.807, 2.05) is 12.1 Å². The van der Waals surface area contributed by atoms with Crippen molar-refractivity contribution in [3.63, 3.8) is 0 Å². The number of nitrogens with one attached hydrogen (secondary N) is 1. The van der Waals surface area contributed by atoms with E-state index in [0.29, 0.717) is 11.5 Å². The fraction of sp³-hybridized carbons (Fsp3) is 0.364.